The van der Waals surface area contributed by atoms with Crippen LogP contribution in [-0.4, -0.2) is 25.0 Å². The molecule has 0 aromatic heterocycles. The van der Waals surface area contributed by atoms with Gasteiger partial charge in [-0.1, -0.05) is 18.2 Å². The summed E-state index contributed by atoms with van der Waals surface area (Å²) in [6.07, 6.45) is 0. The molecule has 0 aliphatic heterocycles. The Balaban J connectivity index is 2.22. The van der Waals surface area contributed by atoms with Gasteiger partial charge in [0.05, 0.1) is 12.7 Å². The number of methoxy groups -OCH3 is 1. The largest absolute Gasteiger partial charge is 0.496 e. The molecule has 2 rings (SSSR count). The minimum absolute atomic E-state index is 0.180. The van der Waals surface area contributed by atoms with Crippen molar-refractivity contribution in [3.8, 4) is 5.75 Å². The van der Waals surface area contributed by atoms with Crippen molar-refractivity contribution in [2.75, 3.05) is 19.9 Å². The summed E-state index contributed by atoms with van der Waals surface area (Å²) < 4.78 is 18.8. The molecule has 0 radical (unpaired) electrons. The van der Waals surface area contributed by atoms with Crippen molar-refractivity contribution in [3.05, 3.63) is 59.4 Å². The van der Waals surface area contributed by atoms with Crippen LogP contribution < -0.4 is 10.5 Å². The van der Waals surface area contributed by atoms with Crippen LogP contribution >= 0.6 is 0 Å². The van der Waals surface area contributed by atoms with Gasteiger partial charge in [0.15, 0.2) is 0 Å². The highest BCUT2D eigenvalue weighted by Crippen LogP contribution is 2.23. The number of nitrogens with two attached hydrogens (primary N) is 1. The first-order chi connectivity index (χ1) is 10.0. The molecule has 2 aromatic rings. The highest BCUT2D eigenvalue weighted by Gasteiger charge is 2.17. The van der Waals surface area contributed by atoms with Gasteiger partial charge in [-0.2, -0.15) is 0 Å². The lowest BCUT2D eigenvalue weighted by molar-refractivity contribution is 0.0780. The zero-order valence-corrected chi connectivity index (χ0v) is 12.0. The maximum absolute atomic E-state index is 13.6. The topological polar surface area (TPSA) is 55.6 Å². The van der Waals surface area contributed by atoms with Gasteiger partial charge in [-0.3, -0.25) is 4.79 Å². The molecule has 5 heteroatoms. The molecule has 4 nitrogen and oxygen atoms in total. The van der Waals surface area contributed by atoms with Gasteiger partial charge in [0.2, 0.25) is 0 Å². The highest BCUT2D eigenvalue weighted by molar-refractivity contribution is 5.97. The molecule has 2 N–H and O–H groups in total. The van der Waals surface area contributed by atoms with E-state index in [0.717, 1.165) is 0 Å². The molecule has 0 saturated carbocycles. The second kappa shape index (κ2) is 6.26. The Hall–Kier alpha value is -2.56. The van der Waals surface area contributed by atoms with Crippen LogP contribution in [0.1, 0.15) is 15.9 Å². The molecule has 21 heavy (non-hydrogen) atoms. The molecule has 110 valence electrons. The molecular weight excluding hydrogens is 271 g/mol. The molecule has 0 fully saturated rings. The third-order valence-electron chi connectivity index (χ3n) is 3.17. The van der Waals surface area contributed by atoms with E-state index in [2.05, 4.69) is 0 Å². The Kier molecular flexibility index (Phi) is 4.42. The van der Waals surface area contributed by atoms with Gasteiger partial charge < -0.3 is 15.4 Å². The molecule has 0 aliphatic carbocycles. The van der Waals surface area contributed by atoms with Crippen LogP contribution in [0.25, 0.3) is 0 Å². The van der Waals surface area contributed by atoms with Crippen LogP contribution in [0.2, 0.25) is 0 Å². The number of nitrogens with zero attached hydrogens (tertiary/aromatic N) is 1. The molecule has 0 aliphatic rings. The molecule has 1 amide bonds. The number of ether oxygens (including phenoxy) is 1. The van der Waals surface area contributed by atoms with E-state index in [1.165, 1.54) is 18.1 Å². The van der Waals surface area contributed by atoms with Crippen molar-refractivity contribution < 1.29 is 13.9 Å². The summed E-state index contributed by atoms with van der Waals surface area (Å²) in [5, 5.41) is 0. The zero-order valence-electron chi connectivity index (χ0n) is 12.0. The Bertz CT molecular complexity index is 658. The third-order valence-corrected chi connectivity index (χ3v) is 3.17. The standard InChI is InChI=1S/C16H17FN2O2/c1-19(10-11-5-3-4-6-14(11)17)16(20)13-8-7-12(18)9-15(13)21-2/h3-9H,10,18H2,1-2H3. The van der Waals surface area contributed by atoms with Crippen molar-refractivity contribution >= 4 is 11.6 Å². The zero-order chi connectivity index (χ0) is 15.4. The number of nitrogen functional groups attached to an aromatic ring is 1. The lowest BCUT2D eigenvalue weighted by Crippen LogP contribution is -2.27. The first-order valence-electron chi connectivity index (χ1n) is 6.45. The third kappa shape index (κ3) is 3.31. The van der Waals surface area contributed by atoms with Crippen molar-refractivity contribution in [1.29, 1.82) is 0 Å². The van der Waals surface area contributed by atoms with Crippen molar-refractivity contribution in [3.63, 3.8) is 0 Å². The number of hydrogen-bond acceptors (Lipinski definition) is 3. The number of carbonyl (C=O) groups is 1. The number of hydrogen-bond donors (Lipinski definition) is 1. The van der Waals surface area contributed by atoms with Gasteiger partial charge in [-0.25, -0.2) is 4.39 Å². The predicted octanol–water partition coefficient (Wildman–Crippen LogP) is 2.69. The Morgan fingerprint density at radius 1 is 1.29 bits per heavy atom. The molecule has 0 spiro atoms. The van der Waals surface area contributed by atoms with E-state index < -0.39 is 0 Å². The average molecular weight is 288 g/mol. The van der Waals surface area contributed by atoms with Crippen LogP contribution in [0.4, 0.5) is 10.1 Å². The Morgan fingerprint density at radius 2 is 2.00 bits per heavy atom. The Morgan fingerprint density at radius 3 is 2.67 bits per heavy atom. The summed E-state index contributed by atoms with van der Waals surface area (Å²) >= 11 is 0. The number of carbonyl (C=O) groups excluding carboxylic acids is 1. The van der Waals surface area contributed by atoms with Gasteiger partial charge in [0.1, 0.15) is 11.6 Å². The fraction of sp³-hybridized carbons (Fsp3) is 0.188. The molecule has 0 unspecified atom stereocenters. The second-order valence-corrected chi connectivity index (χ2v) is 4.71. The second-order valence-electron chi connectivity index (χ2n) is 4.71. The maximum Gasteiger partial charge on any atom is 0.257 e. The van der Waals surface area contributed by atoms with Gasteiger partial charge in [0.25, 0.3) is 5.91 Å². The number of rotatable bonds is 4. The monoisotopic (exact) mass is 288 g/mol. The first kappa shape index (κ1) is 14.8. The van der Waals surface area contributed by atoms with E-state index in [-0.39, 0.29) is 18.3 Å². The number of amides is 1. The summed E-state index contributed by atoms with van der Waals surface area (Å²) in [6, 6.07) is 11.2. The van der Waals surface area contributed by atoms with E-state index >= 15 is 0 Å². The van der Waals surface area contributed by atoms with Crippen LogP contribution in [-0.2, 0) is 6.54 Å². The van der Waals surface area contributed by atoms with E-state index in [1.54, 1.807) is 43.4 Å². The normalized spacial score (nSPS) is 10.2. The van der Waals surface area contributed by atoms with E-state index in [1.807, 2.05) is 0 Å². The van der Waals surface area contributed by atoms with Crippen molar-refractivity contribution in [2.45, 2.75) is 6.54 Å². The molecular formula is C16H17FN2O2. The van der Waals surface area contributed by atoms with E-state index in [0.29, 0.717) is 22.6 Å². The average Bonchev–Trinajstić information content (AvgIpc) is 2.48. The first-order valence-corrected chi connectivity index (χ1v) is 6.45. The molecule has 0 heterocycles. The number of anilines is 1. The molecule has 0 saturated heterocycles. The SMILES string of the molecule is COc1cc(N)ccc1C(=O)N(C)Cc1ccccc1F. The van der Waals surface area contributed by atoms with Crippen LogP contribution in [0.3, 0.4) is 0 Å². The van der Waals surface area contributed by atoms with Crippen molar-refractivity contribution in [2.24, 2.45) is 0 Å². The molecule has 2 aromatic carbocycles. The van der Waals surface area contributed by atoms with E-state index in [4.69, 9.17) is 10.5 Å². The minimum atomic E-state index is -0.332. The molecule has 0 atom stereocenters. The van der Waals surface area contributed by atoms with Gasteiger partial charge in [-0.05, 0) is 18.2 Å². The van der Waals surface area contributed by atoms with Gasteiger partial charge in [0, 0.05) is 30.9 Å². The summed E-state index contributed by atoms with van der Waals surface area (Å²) in [5.74, 6) is -0.183. The number of halogens is 1. The van der Waals surface area contributed by atoms with Crippen LogP contribution in [0.15, 0.2) is 42.5 Å². The van der Waals surface area contributed by atoms with Gasteiger partial charge in [-0.15, -0.1) is 0 Å². The van der Waals surface area contributed by atoms with Crippen molar-refractivity contribution in [1.82, 2.24) is 4.90 Å². The number of benzene rings is 2. The predicted molar refractivity (Wildman–Crippen MR) is 79.6 cm³/mol. The fourth-order valence-corrected chi connectivity index (χ4v) is 2.04. The summed E-state index contributed by atoms with van der Waals surface area (Å²) in [4.78, 5) is 13.9. The summed E-state index contributed by atoms with van der Waals surface area (Å²) in [6.45, 7) is 0.180. The van der Waals surface area contributed by atoms with E-state index in [9.17, 15) is 9.18 Å². The summed E-state index contributed by atoms with van der Waals surface area (Å²) in [7, 11) is 3.09. The van der Waals surface area contributed by atoms with Gasteiger partial charge >= 0.3 is 0 Å². The fourth-order valence-electron chi connectivity index (χ4n) is 2.04. The minimum Gasteiger partial charge on any atom is -0.496 e. The summed E-state index contributed by atoms with van der Waals surface area (Å²) in [5.41, 5.74) is 7.04. The quantitative estimate of drug-likeness (QED) is 0.880. The molecule has 0 bridgehead atoms. The lowest BCUT2D eigenvalue weighted by atomic mass is 10.1. The van der Waals surface area contributed by atoms with Crippen LogP contribution in [0.5, 0.6) is 5.75 Å². The maximum atomic E-state index is 13.6. The lowest BCUT2D eigenvalue weighted by Gasteiger charge is -2.19. The smallest absolute Gasteiger partial charge is 0.257 e. The Labute approximate surface area is 122 Å². The van der Waals surface area contributed by atoms with Crippen LogP contribution in [0, 0.1) is 5.82 Å². The highest BCUT2D eigenvalue weighted by atomic mass is 19.1.